The van der Waals surface area contributed by atoms with Gasteiger partial charge in [0, 0.05) is 38.4 Å². The monoisotopic (exact) mass is 314 g/mol. The zero-order chi connectivity index (χ0) is 15.6. The molecule has 1 N–H and O–H groups in total. The molecule has 7 heteroatoms. The third-order valence-corrected chi connectivity index (χ3v) is 5.82. The first-order valence-corrected chi connectivity index (χ1v) is 9.01. The molecule has 1 saturated heterocycles. The van der Waals surface area contributed by atoms with Crippen LogP contribution in [0.1, 0.15) is 38.9 Å². The first-order valence-electron chi connectivity index (χ1n) is 7.57. The lowest BCUT2D eigenvalue weighted by atomic mass is 10.0. The molecule has 0 saturated carbocycles. The largest absolute Gasteiger partial charge is 0.337 e. The van der Waals surface area contributed by atoms with Crippen LogP contribution in [0.2, 0.25) is 0 Å². The summed E-state index contributed by atoms with van der Waals surface area (Å²) in [7, 11) is -1.68. The van der Waals surface area contributed by atoms with Crippen LogP contribution in [0.3, 0.4) is 0 Å². The quantitative estimate of drug-likeness (QED) is 0.889. The molecule has 0 spiro atoms. The predicted octanol–water partition coefficient (Wildman–Crippen LogP) is 1.27. The minimum atomic E-state index is -3.50. The van der Waals surface area contributed by atoms with E-state index in [-0.39, 0.29) is 11.1 Å². The van der Waals surface area contributed by atoms with E-state index in [9.17, 15) is 8.42 Å². The number of hydrogen-bond acceptors (Lipinski definition) is 4. The van der Waals surface area contributed by atoms with Gasteiger partial charge in [0.05, 0.1) is 0 Å². The van der Waals surface area contributed by atoms with Crippen molar-refractivity contribution in [2.75, 3.05) is 13.1 Å². The Balaban J connectivity index is 2.22. The van der Waals surface area contributed by atoms with Gasteiger partial charge in [-0.1, -0.05) is 20.3 Å². The lowest BCUT2D eigenvalue weighted by Crippen LogP contribution is -2.49. The second-order valence-corrected chi connectivity index (χ2v) is 7.90. The molecule has 1 aromatic heterocycles. The van der Waals surface area contributed by atoms with Gasteiger partial charge in [-0.2, -0.15) is 4.31 Å². The number of imidazole rings is 1. The standard InChI is InChI=1S/C14H26N4O2S/c1-11(2)15-9-13-7-5-6-8-18(13)21(19,20)14-10-17(4)12(3)16-14/h10-11,13,15H,5-9H2,1-4H3. The van der Waals surface area contributed by atoms with Gasteiger partial charge in [-0.25, -0.2) is 13.4 Å². The average molecular weight is 314 g/mol. The number of hydrogen-bond donors (Lipinski definition) is 1. The maximum atomic E-state index is 12.8. The van der Waals surface area contributed by atoms with Gasteiger partial charge in [0.1, 0.15) is 5.82 Å². The Labute approximate surface area is 127 Å². The molecule has 0 bridgehead atoms. The summed E-state index contributed by atoms with van der Waals surface area (Å²) in [6, 6.07) is 0.377. The van der Waals surface area contributed by atoms with Gasteiger partial charge in [0.2, 0.25) is 0 Å². The molecule has 6 nitrogen and oxygen atoms in total. The van der Waals surface area contributed by atoms with E-state index in [1.165, 1.54) is 0 Å². The summed E-state index contributed by atoms with van der Waals surface area (Å²) >= 11 is 0. The summed E-state index contributed by atoms with van der Waals surface area (Å²) in [5.74, 6) is 0.711. The molecule has 1 atom stereocenters. The molecule has 0 radical (unpaired) electrons. The molecule has 2 rings (SSSR count). The van der Waals surface area contributed by atoms with Crippen molar-refractivity contribution in [3.05, 3.63) is 12.0 Å². The van der Waals surface area contributed by atoms with E-state index in [1.807, 2.05) is 14.0 Å². The Morgan fingerprint density at radius 3 is 2.71 bits per heavy atom. The Morgan fingerprint density at radius 1 is 1.43 bits per heavy atom. The molecule has 120 valence electrons. The molecule has 1 unspecified atom stereocenters. The third-order valence-electron chi connectivity index (χ3n) is 3.99. The van der Waals surface area contributed by atoms with Gasteiger partial charge in [-0.15, -0.1) is 0 Å². The highest BCUT2D eigenvalue weighted by atomic mass is 32.2. The van der Waals surface area contributed by atoms with Crippen LogP contribution < -0.4 is 5.32 Å². The molecule has 1 fully saturated rings. The van der Waals surface area contributed by atoms with Crippen LogP contribution in [0.15, 0.2) is 11.2 Å². The van der Waals surface area contributed by atoms with E-state index in [1.54, 1.807) is 15.1 Å². The van der Waals surface area contributed by atoms with Crippen LogP contribution in [0.4, 0.5) is 0 Å². The fourth-order valence-electron chi connectivity index (χ4n) is 2.64. The smallest absolute Gasteiger partial charge is 0.262 e. The molecule has 0 amide bonds. The summed E-state index contributed by atoms with van der Waals surface area (Å²) in [6.07, 6.45) is 4.51. The zero-order valence-corrected chi connectivity index (χ0v) is 14.2. The van der Waals surface area contributed by atoms with Crippen LogP contribution >= 0.6 is 0 Å². The van der Waals surface area contributed by atoms with E-state index in [4.69, 9.17) is 0 Å². The van der Waals surface area contributed by atoms with Gasteiger partial charge in [-0.05, 0) is 19.8 Å². The number of nitrogens with zero attached hydrogens (tertiary/aromatic N) is 3. The highest BCUT2D eigenvalue weighted by molar-refractivity contribution is 7.89. The van der Waals surface area contributed by atoms with E-state index < -0.39 is 10.0 Å². The molecule has 1 aromatic rings. The number of nitrogens with one attached hydrogen (secondary N) is 1. The normalized spacial score (nSPS) is 21.1. The van der Waals surface area contributed by atoms with Crippen molar-refractivity contribution in [2.24, 2.45) is 7.05 Å². The number of aryl methyl sites for hydroxylation is 2. The topological polar surface area (TPSA) is 67.2 Å². The van der Waals surface area contributed by atoms with Crippen LogP contribution in [0.25, 0.3) is 0 Å². The summed E-state index contributed by atoms with van der Waals surface area (Å²) < 4.78 is 29.0. The second-order valence-electron chi connectivity index (χ2n) is 6.07. The highest BCUT2D eigenvalue weighted by Crippen LogP contribution is 2.24. The number of rotatable bonds is 5. The molecule has 0 aromatic carbocycles. The van der Waals surface area contributed by atoms with Crippen LogP contribution in [0, 0.1) is 6.92 Å². The van der Waals surface area contributed by atoms with Gasteiger partial charge < -0.3 is 9.88 Å². The fraction of sp³-hybridized carbons (Fsp3) is 0.786. The number of aromatic nitrogens is 2. The third kappa shape index (κ3) is 3.64. The maximum Gasteiger partial charge on any atom is 0.262 e. The maximum absolute atomic E-state index is 12.8. The van der Waals surface area contributed by atoms with Gasteiger partial charge >= 0.3 is 0 Å². The zero-order valence-electron chi connectivity index (χ0n) is 13.3. The minimum absolute atomic E-state index is 0.0217. The molecular weight excluding hydrogens is 288 g/mol. The van der Waals surface area contributed by atoms with Crippen LogP contribution in [-0.4, -0.2) is 47.4 Å². The lowest BCUT2D eigenvalue weighted by Gasteiger charge is -2.34. The second kappa shape index (κ2) is 6.46. The van der Waals surface area contributed by atoms with Crippen molar-refractivity contribution in [1.29, 1.82) is 0 Å². The minimum Gasteiger partial charge on any atom is -0.337 e. The first kappa shape index (κ1) is 16.5. The Bertz CT molecular complexity index is 560. The molecular formula is C14H26N4O2S. The summed E-state index contributed by atoms with van der Waals surface area (Å²) in [6.45, 7) is 7.24. The summed E-state index contributed by atoms with van der Waals surface area (Å²) in [5.41, 5.74) is 0. The summed E-state index contributed by atoms with van der Waals surface area (Å²) in [5, 5.41) is 3.52. The van der Waals surface area contributed by atoms with Crippen LogP contribution in [-0.2, 0) is 17.1 Å². The van der Waals surface area contributed by atoms with Gasteiger partial charge in [-0.3, -0.25) is 0 Å². The SMILES string of the molecule is Cc1nc(S(=O)(=O)N2CCCCC2CNC(C)C)cn1C. The van der Waals surface area contributed by atoms with Crippen molar-refractivity contribution >= 4 is 10.0 Å². The Morgan fingerprint density at radius 2 is 2.14 bits per heavy atom. The van der Waals surface area contributed by atoms with E-state index in [0.29, 0.717) is 25.0 Å². The predicted molar refractivity (Wildman–Crippen MR) is 82.6 cm³/mol. The fourth-order valence-corrected chi connectivity index (χ4v) is 4.36. The van der Waals surface area contributed by atoms with Crippen LogP contribution in [0.5, 0.6) is 0 Å². The lowest BCUT2D eigenvalue weighted by molar-refractivity contribution is 0.241. The van der Waals surface area contributed by atoms with Crippen molar-refractivity contribution < 1.29 is 8.42 Å². The van der Waals surface area contributed by atoms with E-state index in [0.717, 1.165) is 19.3 Å². The van der Waals surface area contributed by atoms with Crippen molar-refractivity contribution in [3.8, 4) is 0 Å². The number of piperidine rings is 1. The molecule has 1 aliphatic rings. The highest BCUT2D eigenvalue weighted by Gasteiger charge is 2.34. The van der Waals surface area contributed by atoms with Crippen molar-refractivity contribution in [3.63, 3.8) is 0 Å². The van der Waals surface area contributed by atoms with E-state index in [2.05, 4.69) is 24.1 Å². The molecule has 1 aliphatic heterocycles. The summed E-state index contributed by atoms with van der Waals surface area (Å²) in [4.78, 5) is 4.20. The van der Waals surface area contributed by atoms with Gasteiger partial charge in [0.25, 0.3) is 10.0 Å². The first-order chi connectivity index (χ1) is 9.82. The molecule has 2 heterocycles. The van der Waals surface area contributed by atoms with Gasteiger partial charge in [0.15, 0.2) is 5.03 Å². The molecule has 0 aliphatic carbocycles. The Kier molecular flexibility index (Phi) is 5.06. The molecule has 21 heavy (non-hydrogen) atoms. The Hall–Kier alpha value is -0.920. The average Bonchev–Trinajstić information content (AvgIpc) is 2.77. The van der Waals surface area contributed by atoms with Crippen molar-refractivity contribution in [2.45, 2.75) is 57.1 Å². The van der Waals surface area contributed by atoms with Crippen molar-refractivity contribution in [1.82, 2.24) is 19.2 Å². The number of sulfonamides is 1. The van der Waals surface area contributed by atoms with E-state index >= 15 is 0 Å².